The Balaban J connectivity index is 2.47. The van der Waals surface area contributed by atoms with Crippen LogP contribution < -0.4 is 5.32 Å². The van der Waals surface area contributed by atoms with E-state index in [9.17, 15) is 0 Å². The fraction of sp³-hybridized carbons (Fsp3) is 0.733. The van der Waals surface area contributed by atoms with Crippen molar-refractivity contribution in [2.24, 2.45) is 5.92 Å². The number of hydrogen-bond acceptors (Lipinski definition) is 3. The van der Waals surface area contributed by atoms with E-state index in [2.05, 4.69) is 30.3 Å². The van der Waals surface area contributed by atoms with Gasteiger partial charge in [-0.15, -0.1) is 13.2 Å². The molecule has 0 bridgehead atoms. The molecular formula is C15H28N2O. The Labute approximate surface area is 112 Å². The van der Waals surface area contributed by atoms with Gasteiger partial charge < -0.3 is 10.1 Å². The topological polar surface area (TPSA) is 24.5 Å². The second-order valence-electron chi connectivity index (χ2n) is 4.98. The molecule has 1 aliphatic heterocycles. The summed E-state index contributed by atoms with van der Waals surface area (Å²) in [5.74, 6) is 0.574. The van der Waals surface area contributed by atoms with Gasteiger partial charge in [0, 0.05) is 38.2 Å². The van der Waals surface area contributed by atoms with Crippen LogP contribution in [0.25, 0.3) is 0 Å². The van der Waals surface area contributed by atoms with Gasteiger partial charge in [-0.1, -0.05) is 19.1 Å². The second-order valence-corrected chi connectivity index (χ2v) is 4.98. The molecular weight excluding hydrogens is 224 g/mol. The summed E-state index contributed by atoms with van der Waals surface area (Å²) in [6, 6.07) is 0.593. The lowest BCUT2D eigenvalue weighted by Gasteiger charge is -2.35. The van der Waals surface area contributed by atoms with Gasteiger partial charge in [0.2, 0.25) is 0 Å². The number of rotatable bonds is 9. The first-order valence-corrected chi connectivity index (χ1v) is 7.07. The Bertz CT molecular complexity index is 233. The fourth-order valence-corrected chi connectivity index (χ4v) is 2.50. The lowest BCUT2D eigenvalue weighted by Crippen LogP contribution is -2.48. The highest BCUT2D eigenvalue weighted by Gasteiger charge is 2.26. The van der Waals surface area contributed by atoms with Crippen molar-refractivity contribution < 1.29 is 4.74 Å². The molecule has 0 aromatic rings. The minimum atomic E-state index is 0.574. The molecule has 0 aromatic heterocycles. The molecule has 1 rings (SSSR count). The molecule has 1 N–H and O–H groups in total. The van der Waals surface area contributed by atoms with E-state index < -0.39 is 0 Å². The van der Waals surface area contributed by atoms with E-state index in [1.807, 2.05) is 12.2 Å². The zero-order chi connectivity index (χ0) is 13.2. The summed E-state index contributed by atoms with van der Waals surface area (Å²) in [6.07, 6.45) is 6.23. The standard InChI is InChI=1S/C15H28N2O/c1-4-8-16-15-7-11-18-13-14(15)12-17(9-5-2)10-6-3/h5-6,14-16H,2-4,7-13H2,1H3. The third-order valence-corrected chi connectivity index (χ3v) is 3.40. The minimum absolute atomic E-state index is 0.574. The molecule has 0 aromatic carbocycles. The molecule has 104 valence electrons. The molecule has 1 heterocycles. The van der Waals surface area contributed by atoms with Crippen LogP contribution in [-0.2, 0) is 4.74 Å². The summed E-state index contributed by atoms with van der Waals surface area (Å²) in [6.45, 7) is 15.6. The Hall–Kier alpha value is -0.640. The normalized spacial score (nSPS) is 24.1. The van der Waals surface area contributed by atoms with Crippen molar-refractivity contribution in [1.29, 1.82) is 0 Å². The van der Waals surface area contributed by atoms with E-state index in [0.29, 0.717) is 12.0 Å². The molecule has 3 nitrogen and oxygen atoms in total. The van der Waals surface area contributed by atoms with Crippen molar-refractivity contribution in [2.45, 2.75) is 25.8 Å². The highest BCUT2D eigenvalue weighted by Crippen LogP contribution is 2.16. The third kappa shape index (κ3) is 5.34. The first-order valence-electron chi connectivity index (χ1n) is 7.07. The largest absolute Gasteiger partial charge is 0.381 e. The highest BCUT2D eigenvalue weighted by molar-refractivity contribution is 4.86. The summed E-state index contributed by atoms with van der Waals surface area (Å²) < 4.78 is 5.63. The predicted octanol–water partition coefficient (Wildman–Crippen LogP) is 2.07. The van der Waals surface area contributed by atoms with Crippen molar-refractivity contribution in [2.75, 3.05) is 39.4 Å². The summed E-state index contributed by atoms with van der Waals surface area (Å²) >= 11 is 0. The van der Waals surface area contributed by atoms with Crippen molar-refractivity contribution >= 4 is 0 Å². The van der Waals surface area contributed by atoms with Gasteiger partial charge in [0.15, 0.2) is 0 Å². The number of ether oxygens (including phenoxy) is 1. The van der Waals surface area contributed by atoms with E-state index in [-0.39, 0.29) is 0 Å². The number of nitrogens with zero attached hydrogens (tertiary/aromatic N) is 1. The molecule has 0 amide bonds. The predicted molar refractivity (Wildman–Crippen MR) is 77.8 cm³/mol. The van der Waals surface area contributed by atoms with Crippen LogP contribution in [0.4, 0.5) is 0 Å². The van der Waals surface area contributed by atoms with Crippen molar-refractivity contribution in [3.05, 3.63) is 25.3 Å². The average Bonchev–Trinajstić information content (AvgIpc) is 2.38. The SMILES string of the molecule is C=CCN(CC=C)CC1COCCC1NCCC. The van der Waals surface area contributed by atoms with Crippen molar-refractivity contribution in [3.8, 4) is 0 Å². The van der Waals surface area contributed by atoms with E-state index >= 15 is 0 Å². The van der Waals surface area contributed by atoms with Crippen LogP contribution in [0.3, 0.4) is 0 Å². The van der Waals surface area contributed by atoms with Crippen LogP contribution in [-0.4, -0.2) is 50.3 Å². The minimum Gasteiger partial charge on any atom is -0.381 e. The molecule has 0 saturated carbocycles. The van der Waals surface area contributed by atoms with Gasteiger partial charge in [-0.25, -0.2) is 0 Å². The average molecular weight is 252 g/mol. The maximum atomic E-state index is 5.63. The van der Waals surface area contributed by atoms with Crippen LogP contribution in [0, 0.1) is 5.92 Å². The van der Waals surface area contributed by atoms with Crippen LogP contribution in [0.2, 0.25) is 0 Å². The van der Waals surface area contributed by atoms with Gasteiger partial charge >= 0.3 is 0 Å². The maximum Gasteiger partial charge on any atom is 0.0521 e. The zero-order valence-corrected chi connectivity index (χ0v) is 11.7. The Morgan fingerprint density at radius 2 is 2.06 bits per heavy atom. The van der Waals surface area contributed by atoms with Crippen molar-refractivity contribution in [1.82, 2.24) is 10.2 Å². The Kier molecular flexibility index (Phi) is 7.98. The highest BCUT2D eigenvalue weighted by atomic mass is 16.5. The van der Waals surface area contributed by atoms with Crippen LogP contribution in [0.5, 0.6) is 0 Å². The molecule has 0 radical (unpaired) electrons. The molecule has 0 aliphatic carbocycles. The summed E-state index contributed by atoms with van der Waals surface area (Å²) in [5.41, 5.74) is 0. The van der Waals surface area contributed by atoms with Crippen LogP contribution in [0.15, 0.2) is 25.3 Å². The molecule has 0 spiro atoms. The van der Waals surface area contributed by atoms with Gasteiger partial charge in [0.25, 0.3) is 0 Å². The van der Waals surface area contributed by atoms with Crippen molar-refractivity contribution in [3.63, 3.8) is 0 Å². The lowest BCUT2D eigenvalue weighted by atomic mass is 9.95. The maximum absolute atomic E-state index is 5.63. The second kappa shape index (κ2) is 9.31. The van der Waals surface area contributed by atoms with Gasteiger partial charge in [-0.05, 0) is 19.4 Å². The van der Waals surface area contributed by atoms with E-state index in [1.165, 1.54) is 6.42 Å². The van der Waals surface area contributed by atoms with Gasteiger partial charge in [0.1, 0.15) is 0 Å². The van der Waals surface area contributed by atoms with Crippen LogP contribution >= 0.6 is 0 Å². The van der Waals surface area contributed by atoms with Gasteiger partial charge in [-0.3, -0.25) is 4.90 Å². The molecule has 2 unspecified atom stereocenters. The third-order valence-electron chi connectivity index (χ3n) is 3.40. The number of nitrogens with one attached hydrogen (secondary N) is 1. The lowest BCUT2D eigenvalue weighted by molar-refractivity contribution is 0.0194. The van der Waals surface area contributed by atoms with Crippen LogP contribution in [0.1, 0.15) is 19.8 Å². The van der Waals surface area contributed by atoms with E-state index in [4.69, 9.17) is 4.74 Å². The molecule has 2 atom stereocenters. The molecule has 18 heavy (non-hydrogen) atoms. The van der Waals surface area contributed by atoms with Gasteiger partial charge in [0.05, 0.1) is 6.61 Å². The first kappa shape index (κ1) is 15.4. The summed E-state index contributed by atoms with van der Waals surface area (Å²) in [7, 11) is 0. The van der Waals surface area contributed by atoms with Gasteiger partial charge in [-0.2, -0.15) is 0 Å². The van der Waals surface area contributed by atoms with E-state index in [0.717, 1.165) is 45.8 Å². The zero-order valence-electron chi connectivity index (χ0n) is 11.7. The quantitative estimate of drug-likeness (QED) is 0.636. The fourth-order valence-electron chi connectivity index (χ4n) is 2.50. The molecule has 1 fully saturated rings. The molecule has 1 saturated heterocycles. The number of hydrogen-bond donors (Lipinski definition) is 1. The van der Waals surface area contributed by atoms with E-state index in [1.54, 1.807) is 0 Å². The monoisotopic (exact) mass is 252 g/mol. The summed E-state index contributed by atoms with van der Waals surface area (Å²) in [5, 5.41) is 3.65. The Morgan fingerprint density at radius 1 is 1.33 bits per heavy atom. The molecule has 1 aliphatic rings. The molecule has 3 heteroatoms. The first-order chi connectivity index (χ1) is 8.81. The smallest absolute Gasteiger partial charge is 0.0521 e. The Morgan fingerprint density at radius 3 is 2.67 bits per heavy atom. The summed E-state index contributed by atoms with van der Waals surface area (Å²) in [4.78, 5) is 2.37.